The van der Waals surface area contributed by atoms with Gasteiger partial charge in [-0.3, -0.25) is 10.2 Å². The zero-order valence-electron chi connectivity index (χ0n) is 12.6. The number of anilines is 1. The number of nitrogens with one attached hydrogen (secondary N) is 1. The summed E-state index contributed by atoms with van der Waals surface area (Å²) in [5.74, 6) is -0.487. The number of amides is 1. The maximum Gasteiger partial charge on any atom is 0.437 e. The van der Waals surface area contributed by atoms with E-state index in [4.69, 9.17) is 9.57 Å². The van der Waals surface area contributed by atoms with Gasteiger partial charge in [0.25, 0.3) is 0 Å². The van der Waals surface area contributed by atoms with E-state index in [-0.39, 0.29) is 11.6 Å². The van der Waals surface area contributed by atoms with Gasteiger partial charge in [-0.2, -0.15) is 0 Å². The van der Waals surface area contributed by atoms with Gasteiger partial charge in [-0.05, 0) is 26.0 Å². The second kappa shape index (κ2) is 8.04. The molecule has 1 aromatic heterocycles. The van der Waals surface area contributed by atoms with Crippen molar-refractivity contribution in [3.8, 4) is 0 Å². The van der Waals surface area contributed by atoms with Crippen molar-refractivity contribution in [2.24, 2.45) is 5.16 Å². The van der Waals surface area contributed by atoms with Crippen LogP contribution in [0, 0.1) is 0 Å². The van der Waals surface area contributed by atoms with Crippen molar-refractivity contribution in [3.05, 3.63) is 46.4 Å². The van der Waals surface area contributed by atoms with Crippen molar-refractivity contribution in [2.45, 2.75) is 13.8 Å². The Hall–Kier alpha value is -2.74. The second-order valence-electron chi connectivity index (χ2n) is 4.30. The highest BCUT2D eigenvalue weighted by Crippen LogP contribution is 2.12. The van der Waals surface area contributed by atoms with E-state index < -0.39 is 12.1 Å². The third-order valence-corrected chi connectivity index (χ3v) is 3.43. The highest BCUT2D eigenvalue weighted by molar-refractivity contribution is 7.11. The molecule has 1 heterocycles. The summed E-state index contributed by atoms with van der Waals surface area (Å²) in [5.41, 5.74) is 1.43. The Bertz CT molecular complexity index is 713. The lowest BCUT2D eigenvalue weighted by atomic mass is 10.3. The molecule has 0 atom stereocenters. The lowest BCUT2D eigenvalue weighted by Crippen LogP contribution is -2.12. The molecule has 1 aromatic carbocycles. The number of carbonyl (C=O) groups is 2. The van der Waals surface area contributed by atoms with Gasteiger partial charge >= 0.3 is 12.1 Å². The largest absolute Gasteiger partial charge is 0.461 e. The molecule has 0 fully saturated rings. The average molecular weight is 333 g/mol. The summed E-state index contributed by atoms with van der Waals surface area (Å²) in [5, 5.41) is 8.10. The Balaban J connectivity index is 1.94. The topological polar surface area (TPSA) is 89.9 Å². The molecular weight excluding hydrogens is 318 g/mol. The maximum absolute atomic E-state index is 11.6. The summed E-state index contributed by atoms with van der Waals surface area (Å²) >= 11 is 1.14. The van der Waals surface area contributed by atoms with Crippen LogP contribution in [-0.4, -0.2) is 29.4 Å². The maximum atomic E-state index is 11.6. The summed E-state index contributed by atoms with van der Waals surface area (Å²) in [6, 6.07) is 8.86. The molecule has 2 aromatic rings. The van der Waals surface area contributed by atoms with Gasteiger partial charge in [0.2, 0.25) is 5.01 Å². The van der Waals surface area contributed by atoms with Crippen molar-refractivity contribution in [2.75, 3.05) is 11.9 Å². The summed E-state index contributed by atoms with van der Waals surface area (Å²) < 4.78 is 4.86. The summed E-state index contributed by atoms with van der Waals surface area (Å²) in [6.45, 7) is 3.63. The number of ether oxygens (including phenoxy) is 1. The number of aromatic nitrogens is 1. The number of benzene rings is 1. The van der Waals surface area contributed by atoms with Gasteiger partial charge in [-0.1, -0.05) is 23.4 Å². The molecule has 0 aliphatic carbocycles. The van der Waals surface area contributed by atoms with Gasteiger partial charge in [-0.15, -0.1) is 11.3 Å². The molecule has 120 valence electrons. The van der Waals surface area contributed by atoms with E-state index in [1.165, 1.54) is 0 Å². The van der Waals surface area contributed by atoms with Crippen LogP contribution < -0.4 is 5.32 Å². The van der Waals surface area contributed by atoms with Crippen LogP contribution in [0.15, 0.2) is 40.9 Å². The second-order valence-corrected chi connectivity index (χ2v) is 5.16. The van der Waals surface area contributed by atoms with Crippen LogP contribution in [0.5, 0.6) is 0 Å². The first-order valence-electron chi connectivity index (χ1n) is 6.80. The molecule has 0 aliphatic heterocycles. The molecule has 0 spiro atoms. The molecular formula is C15H15N3O4S. The zero-order valence-corrected chi connectivity index (χ0v) is 13.4. The van der Waals surface area contributed by atoms with Crippen molar-refractivity contribution in [3.63, 3.8) is 0 Å². The molecule has 0 radical (unpaired) electrons. The fourth-order valence-electron chi connectivity index (χ4n) is 1.55. The Morgan fingerprint density at radius 1 is 1.30 bits per heavy atom. The number of para-hydroxylation sites is 1. The number of nitrogens with zero attached hydrogens (tertiary/aromatic N) is 2. The number of thiazole rings is 1. The van der Waals surface area contributed by atoms with Crippen molar-refractivity contribution in [1.29, 1.82) is 0 Å². The van der Waals surface area contributed by atoms with E-state index >= 15 is 0 Å². The molecule has 0 bridgehead atoms. The van der Waals surface area contributed by atoms with Gasteiger partial charge in [0.05, 0.1) is 12.3 Å². The van der Waals surface area contributed by atoms with E-state index in [1.807, 2.05) is 6.07 Å². The van der Waals surface area contributed by atoms with Crippen molar-refractivity contribution < 1.29 is 19.2 Å². The normalized spacial score (nSPS) is 11.0. The van der Waals surface area contributed by atoms with E-state index in [2.05, 4.69) is 15.5 Å². The van der Waals surface area contributed by atoms with E-state index in [1.54, 1.807) is 43.5 Å². The highest BCUT2D eigenvalue weighted by atomic mass is 32.1. The number of esters is 1. The third kappa shape index (κ3) is 4.89. The van der Waals surface area contributed by atoms with Crippen LogP contribution in [0.1, 0.15) is 29.3 Å². The molecule has 7 nitrogen and oxygen atoms in total. The fraction of sp³-hybridized carbons (Fsp3) is 0.200. The lowest BCUT2D eigenvalue weighted by Gasteiger charge is -2.02. The summed E-state index contributed by atoms with van der Waals surface area (Å²) in [7, 11) is 0. The summed E-state index contributed by atoms with van der Waals surface area (Å²) in [6.07, 6.45) is -0.712. The molecule has 0 saturated heterocycles. The fourth-order valence-corrected chi connectivity index (χ4v) is 2.30. The molecule has 8 heteroatoms. The van der Waals surface area contributed by atoms with Gasteiger partial charge in [0, 0.05) is 11.1 Å². The van der Waals surface area contributed by atoms with Gasteiger partial charge in [0.15, 0.2) is 0 Å². The van der Waals surface area contributed by atoms with E-state index in [9.17, 15) is 9.59 Å². The minimum absolute atomic E-state index is 0.227. The van der Waals surface area contributed by atoms with Crippen LogP contribution in [0.25, 0.3) is 0 Å². The predicted molar refractivity (Wildman–Crippen MR) is 86.8 cm³/mol. The number of hydrogen-bond donors (Lipinski definition) is 1. The van der Waals surface area contributed by atoms with Crippen LogP contribution in [-0.2, 0) is 9.57 Å². The number of rotatable bonds is 5. The van der Waals surface area contributed by atoms with Crippen LogP contribution in [0.4, 0.5) is 10.5 Å². The Kier molecular flexibility index (Phi) is 5.81. The third-order valence-electron chi connectivity index (χ3n) is 2.61. The molecule has 23 heavy (non-hydrogen) atoms. The Morgan fingerprint density at radius 3 is 2.74 bits per heavy atom. The molecule has 0 saturated carbocycles. The SMILES string of the molecule is CCOC(=O)c1nc(/C(C)=N/OC(=O)Nc2ccccc2)cs1. The molecule has 0 unspecified atom stereocenters. The molecule has 2 rings (SSSR count). The van der Waals surface area contributed by atoms with Gasteiger partial charge < -0.3 is 4.74 Å². The Morgan fingerprint density at radius 2 is 2.04 bits per heavy atom. The Labute approximate surface area is 136 Å². The molecule has 1 N–H and O–H groups in total. The zero-order chi connectivity index (χ0) is 16.7. The number of oxime groups is 1. The lowest BCUT2D eigenvalue weighted by molar-refractivity contribution is 0.0526. The first-order chi connectivity index (χ1) is 11.1. The van der Waals surface area contributed by atoms with Gasteiger partial charge in [-0.25, -0.2) is 14.6 Å². The molecule has 1 amide bonds. The van der Waals surface area contributed by atoms with Gasteiger partial charge in [0.1, 0.15) is 5.71 Å². The van der Waals surface area contributed by atoms with Crippen LogP contribution in [0.3, 0.4) is 0 Å². The first kappa shape index (κ1) is 16.6. The van der Waals surface area contributed by atoms with Crippen LogP contribution in [0.2, 0.25) is 0 Å². The average Bonchev–Trinajstić information content (AvgIpc) is 3.04. The monoisotopic (exact) mass is 333 g/mol. The van der Waals surface area contributed by atoms with E-state index in [0.29, 0.717) is 17.1 Å². The smallest absolute Gasteiger partial charge is 0.437 e. The summed E-state index contributed by atoms with van der Waals surface area (Å²) in [4.78, 5) is 32.0. The number of carbonyl (C=O) groups excluding carboxylic acids is 2. The quantitative estimate of drug-likeness (QED) is 0.392. The standard InChI is InChI=1S/C15H15N3O4S/c1-3-21-14(19)13-17-12(9-23-13)10(2)18-22-15(20)16-11-7-5-4-6-8-11/h4-9H,3H2,1-2H3,(H,16,20)/b18-10+. The minimum Gasteiger partial charge on any atom is -0.461 e. The minimum atomic E-state index is -0.712. The van der Waals surface area contributed by atoms with E-state index in [0.717, 1.165) is 11.3 Å². The van der Waals surface area contributed by atoms with Crippen molar-refractivity contribution >= 4 is 34.8 Å². The number of hydrogen-bond acceptors (Lipinski definition) is 7. The predicted octanol–water partition coefficient (Wildman–Crippen LogP) is 3.29. The van der Waals surface area contributed by atoms with Crippen LogP contribution >= 0.6 is 11.3 Å². The highest BCUT2D eigenvalue weighted by Gasteiger charge is 2.14. The van der Waals surface area contributed by atoms with Crippen molar-refractivity contribution in [1.82, 2.24) is 4.98 Å². The first-order valence-corrected chi connectivity index (χ1v) is 7.68. The molecule has 0 aliphatic rings.